The molecule has 10 heteroatoms. The van der Waals surface area contributed by atoms with E-state index in [1.807, 2.05) is 27.7 Å². The molecule has 0 unspecified atom stereocenters. The Hall–Kier alpha value is -2.91. The fraction of sp³-hybridized carbons (Fsp3) is 0.696. The van der Waals surface area contributed by atoms with Gasteiger partial charge in [-0.05, 0) is 39.5 Å². The molecule has 0 aliphatic rings. The van der Waals surface area contributed by atoms with Gasteiger partial charge in [0, 0.05) is 20.5 Å². The topological polar surface area (TPSA) is 123 Å². The summed E-state index contributed by atoms with van der Waals surface area (Å²) in [6.07, 6.45) is 2.79. The molecule has 10 nitrogen and oxygen atoms in total. The van der Waals surface area contributed by atoms with Crippen molar-refractivity contribution in [1.82, 2.24) is 9.13 Å². The number of carbonyl (C=O) groups excluding carboxylic acids is 3. The number of carbonyl (C=O) groups is 3. The molecule has 0 radical (unpaired) electrons. The Morgan fingerprint density at radius 2 is 1.48 bits per heavy atom. The van der Waals surface area contributed by atoms with Crippen molar-refractivity contribution in [3.8, 4) is 5.88 Å². The van der Waals surface area contributed by atoms with Crippen molar-refractivity contribution in [2.45, 2.75) is 72.6 Å². The Labute approximate surface area is 193 Å². The minimum atomic E-state index is -1.13. The number of rotatable bonds is 13. The molecule has 1 aromatic heterocycles. The molecule has 1 heterocycles. The number of ketones is 1. The predicted octanol–water partition coefficient (Wildman–Crippen LogP) is 3.12. The Morgan fingerprint density at radius 3 is 2.06 bits per heavy atom. The standard InChI is InChI=1S/C23H36N2O8/c1-7-9-10-13-16(26)17-18(27)24(5)21(29)25(6)19(17)33-22(30)32-15-12-11-14-31-20(28)23(3,4)8-2/h7-15H2,1-6H3. The van der Waals surface area contributed by atoms with Crippen LogP contribution in [0.25, 0.3) is 0 Å². The highest BCUT2D eigenvalue weighted by atomic mass is 16.7. The molecule has 0 amide bonds. The van der Waals surface area contributed by atoms with E-state index in [-0.39, 0.29) is 31.2 Å². The van der Waals surface area contributed by atoms with Crippen LogP contribution in [0.3, 0.4) is 0 Å². The number of nitrogens with zero attached hydrogens (tertiary/aromatic N) is 2. The summed E-state index contributed by atoms with van der Waals surface area (Å²) < 4.78 is 17.1. The van der Waals surface area contributed by atoms with Crippen molar-refractivity contribution < 1.29 is 28.6 Å². The lowest BCUT2D eigenvalue weighted by Crippen LogP contribution is -2.41. The molecule has 33 heavy (non-hydrogen) atoms. The summed E-state index contributed by atoms with van der Waals surface area (Å²) in [6, 6.07) is 0. The minimum Gasteiger partial charge on any atom is -0.465 e. The van der Waals surface area contributed by atoms with Crippen molar-refractivity contribution in [2.75, 3.05) is 13.2 Å². The molecular weight excluding hydrogens is 432 g/mol. The fourth-order valence-corrected chi connectivity index (χ4v) is 2.82. The van der Waals surface area contributed by atoms with Crippen LogP contribution in [0, 0.1) is 5.41 Å². The average Bonchev–Trinajstić information content (AvgIpc) is 2.78. The van der Waals surface area contributed by atoms with Crippen molar-refractivity contribution >= 4 is 17.9 Å². The molecule has 0 saturated heterocycles. The molecule has 1 rings (SSSR count). The lowest BCUT2D eigenvalue weighted by Gasteiger charge is -2.20. The molecule has 1 aromatic rings. The monoisotopic (exact) mass is 468 g/mol. The summed E-state index contributed by atoms with van der Waals surface area (Å²) in [5, 5.41) is 0. The van der Waals surface area contributed by atoms with E-state index in [2.05, 4.69) is 0 Å². The van der Waals surface area contributed by atoms with Crippen molar-refractivity contribution in [1.29, 1.82) is 0 Å². The highest BCUT2D eigenvalue weighted by Gasteiger charge is 2.27. The number of Topliss-reactive ketones (excluding diaryl/α,β-unsaturated/α-hetero) is 1. The predicted molar refractivity (Wildman–Crippen MR) is 122 cm³/mol. The maximum absolute atomic E-state index is 12.6. The van der Waals surface area contributed by atoms with E-state index < -0.39 is 34.5 Å². The van der Waals surface area contributed by atoms with E-state index >= 15 is 0 Å². The van der Waals surface area contributed by atoms with Gasteiger partial charge in [0.1, 0.15) is 5.56 Å². The third-order valence-electron chi connectivity index (χ3n) is 5.51. The first-order valence-electron chi connectivity index (χ1n) is 11.3. The third-order valence-corrected chi connectivity index (χ3v) is 5.51. The quantitative estimate of drug-likeness (QED) is 0.246. The number of hydrogen-bond donors (Lipinski definition) is 0. The molecule has 0 atom stereocenters. The van der Waals surface area contributed by atoms with Gasteiger partial charge in [0.05, 0.1) is 18.6 Å². The lowest BCUT2D eigenvalue weighted by molar-refractivity contribution is -0.154. The van der Waals surface area contributed by atoms with Crippen LogP contribution in [0.5, 0.6) is 5.88 Å². The zero-order valence-electron chi connectivity index (χ0n) is 20.5. The van der Waals surface area contributed by atoms with Crippen LogP contribution in [0.15, 0.2) is 9.59 Å². The van der Waals surface area contributed by atoms with Crippen molar-refractivity contribution in [2.24, 2.45) is 19.5 Å². The molecule has 0 aliphatic carbocycles. The molecule has 0 spiro atoms. The smallest absolute Gasteiger partial charge is 0.465 e. The summed E-state index contributed by atoms with van der Waals surface area (Å²) in [5.74, 6) is -1.21. The number of unbranched alkanes of at least 4 members (excludes halogenated alkanes) is 3. The zero-order chi connectivity index (χ0) is 25.2. The van der Waals surface area contributed by atoms with Gasteiger partial charge < -0.3 is 14.2 Å². The normalized spacial score (nSPS) is 11.2. The number of aromatic nitrogens is 2. The first kappa shape index (κ1) is 28.1. The first-order valence-corrected chi connectivity index (χ1v) is 11.3. The van der Waals surface area contributed by atoms with Crippen molar-refractivity contribution in [3.63, 3.8) is 0 Å². The van der Waals surface area contributed by atoms with Gasteiger partial charge in [0.15, 0.2) is 5.78 Å². The Bertz CT molecular complexity index is 958. The summed E-state index contributed by atoms with van der Waals surface area (Å²) in [5.41, 5.74) is -2.45. The van der Waals surface area contributed by atoms with Gasteiger partial charge in [-0.3, -0.25) is 23.5 Å². The number of ether oxygens (including phenoxy) is 3. The van der Waals surface area contributed by atoms with Gasteiger partial charge in [-0.25, -0.2) is 9.59 Å². The van der Waals surface area contributed by atoms with E-state index in [9.17, 15) is 24.0 Å². The molecule has 0 aromatic carbocycles. The highest BCUT2D eigenvalue weighted by Crippen LogP contribution is 2.21. The zero-order valence-corrected chi connectivity index (χ0v) is 20.5. The maximum Gasteiger partial charge on any atom is 0.515 e. The van der Waals surface area contributed by atoms with Gasteiger partial charge in [0.25, 0.3) is 5.56 Å². The molecule has 0 aliphatic heterocycles. The van der Waals surface area contributed by atoms with Gasteiger partial charge >= 0.3 is 17.8 Å². The van der Waals surface area contributed by atoms with Crippen LogP contribution < -0.4 is 16.0 Å². The molecular formula is C23H36N2O8. The van der Waals surface area contributed by atoms with E-state index in [4.69, 9.17) is 14.2 Å². The second kappa shape index (κ2) is 13.0. The summed E-state index contributed by atoms with van der Waals surface area (Å²) in [4.78, 5) is 61.5. The van der Waals surface area contributed by atoms with Crippen LogP contribution in [0.1, 0.15) is 83.0 Å². The Kier molecular flexibility index (Phi) is 11.0. The van der Waals surface area contributed by atoms with Crippen LogP contribution in [-0.2, 0) is 28.4 Å². The SMILES string of the molecule is CCCCCC(=O)c1c(OC(=O)OCCCCOC(=O)C(C)(C)CC)n(C)c(=O)n(C)c1=O. The number of hydrogen-bond acceptors (Lipinski definition) is 8. The van der Waals surface area contributed by atoms with Crippen LogP contribution in [0.4, 0.5) is 4.79 Å². The van der Waals surface area contributed by atoms with E-state index in [0.29, 0.717) is 25.7 Å². The summed E-state index contributed by atoms with van der Waals surface area (Å²) in [7, 11) is 2.56. The number of esters is 1. The Morgan fingerprint density at radius 1 is 0.879 bits per heavy atom. The van der Waals surface area contributed by atoms with Gasteiger partial charge in [-0.2, -0.15) is 0 Å². The van der Waals surface area contributed by atoms with E-state index in [1.165, 1.54) is 14.1 Å². The largest absolute Gasteiger partial charge is 0.515 e. The lowest BCUT2D eigenvalue weighted by atomic mass is 9.91. The van der Waals surface area contributed by atoms with Crippen molar-refractivity contribution in [3.05, 3.63) is 26.4 Å². The van der Waals surface area contributed by atoms with Gasteiger partial charge in [-0.1, -0.05) is 26.7 Å². The van der Waals surface area contributed by atoms with Gasteiger partial charge in [-0.15, -0.1) is 0 Å². The summed E-state index contributed by atoms with van der Waals surface area (Å²) >= 11 is 0. The van der Waals surface area contributed by atoms with Gasteiger partial charge in [0.2, 0.25) is 5.88 Å². The summed E-state index contributed by atoms with van der Waals surface area (Å²) in [6.45, 7) is 7.68. The van der Waals surface area contributed by atoms with Crippen LogP contribution >= 0.6 is 0 Å². The van der Waals surface area contributed by atoms with Crippen LogP contribution in [0.2, 0.25) is 0 Å². The third kappa shape index (κ3) is 7.87. The molecule has 0 bridgehead atoms. The highest BCUT2D eigenvalue weighted by molar-refractivity contribution is 5.98. The first-order chi connectivity index (χ1) is 15.5. The van der Waals surface area contributed by atoms with E-state index in [0.717, 1.165) is 22.0 Å². The fourth-order valence-electron chi connectivity index (χ4n) is 2.82. The molecule has 0 N–H and O–H groups in total. The maximum atomic E-state index is 12.6. The molecule has 186 valence electrons. The minimum absolute atomic E-state index is 0.0217. The average molecular weight is 469 g/mol. The second-order valence-electron chi connectivity index (χ2n) is 8.55. The Balaban J connectivity index is 2.74. The molecule has 0 fully saturated rings. The van der Waals surface area contributed by atoms with Crippen LogP contribution in [-0.4, -0.2) is 40.3 Å². The second-order valence-corrected chi connectivity index (χ2v) is 8.55. The molecule has 0 saturated carbocycles. The van der Waals surface area contributed by atoms with E-state index in [1.54, 1.807) is 0 Å².